The molecule has 10 heteroatoms. The summed E-state index contributed by atoms with van der Waals surface area (Å²) in [5, 5.41) is 6.10. The number of epoxide rings is 1. The van der Waals surface area contributed by atoms with Crippen LogP contribution < -0.4 is 21.6 Å². The maximum absolute atomic E-state index is 11.9. The van der Waals surface area contributed by atoms with Gasteiger partial charge in [0, 0.05) is 0 Å². The number of rotatable bonds is 6. The fourth-order valence-electron chi connectivity index (χ4n) is 3.09. The second kappa shape index (κ2) is 8.26. The van der Waals surface area contributed by atoms with Crippen molar-refractivity contribution in [2.45, 2.75) is 31.1 Å². The van der Waals surface area contributed by atoms with Crippen molar-refractivity contribution < 1.29 is 23.8 Å². The van der Waals surface area contributed by atoms with Crippen LogP contribution in [0.2, 0.25) is 0 Å². The van der Waals surface area contributed by atoms with E-state index in [9.17, 15) is 9.59 Å². The minimum Gasteiger partial charge on any atom is -0.497 e. The zero-order valence-corrected chi connectivity index (χ0v) is 15.5. The summed E-state index contributed by atoms with van der Waals surface area (Å²) >= 11 is 0. The minimum absolute atomic E-state index is 0.313. The zero-order valence-electron chi connectivity index (χ0n) is 15.5. The first-order valence-electron chi connectivity index (χ1n) is 8.80. The van der Waals surface area contributed by atoms with E-state index in [4.69, 9.17) is 25.8 Å². The van der Waals surface area contributed by atoms with Crippen molar-refractivity contribution in [2.75, 3.05) is 20.3 Å². The van der Waals surface area contributed by atoms with Gasteiger partial charge in [-0.1, -0.05) is 12.1 Å². The number of methoxy groups -OCH3 is 1. The topological polar surface area (TPSA) is 154 Å². The molecule has 1 saturated heterocycles. The van der Waals surface area contributed by atoms with E-state index >= 15 is 0 Å². The zero-order chi connectivity index (χ0) is 20.1. The molecule has 1 saturated carbocycles. The monoisotopic (exact) mass is 389 g/mol. The molecule has 2 fully saturated rings. The molecule has 10 nitrogen and oxygen atoms in total. The van der Waals surface area contributed by atoms with Crippen molar-refractivity contribution >= 4 is 23.4 Å². The number of ether oxygens (including phenoxy) is 3. The van der Waals surface area contributed by atoms with E-state index in [1.165, 1.54) is 0 Å². The van der Waals surface area contributed by atoms with Gasteiger partial charge in [-0.25, -0.2) is 4.79 Å². The number of carbonyl (C=O) groups excluding carboxylic acids is 2. The number of nitrogens with two attached hydrogens (primary N) is 2. The number of benzene rings is 1. The van der Waals surface area contributed by atoms with E-state index in [-0.39, 0.29) is 6.54 Å². The Balaban J connectivity index is 1.73. The largest absolute Gasteiger partial charge is 0.497 e. The number of hydrazone groups is 1. The molecule has 1 heterocycles. The summed E-state index contributed by atoms with van der Waals surface area (Å²) in [4.78, 5) is 27.3. The number of hydrogen-bond donors (Lipinski definition) is 3. The third-order valence-electron chi connectivity index (χ3n) is 4.66. The normalized spacial score (nSPS) is 26.2. The highest BCUT2D eigenvalue weighted by atomic mass is 16.6. The van der Waals surface area contributed by atoms with E-state index in [0.717, 1.165) is 11.3 Å². The molecular formula is C18H23N5O5. The minimum atomic E-state index is -0.771. The molecule has 1 aliphatic heterocycles. The Bertz CT molecular complexity index is 801. The molecule has 2 unspecified atom stereocenters. The van der Waals surface area contributed by atoms with E-state index < -0.39 is 23.7 Å². The molecule has 0 radical (unpaired) electrons. The molecule has 150 valence electrons. The predicted octanol–water partition coefficient (Wildman–Crippen LogP) is 0.0938. The molecular weight excluding hydrogens is 366 g/mol. The fraction of sp³-hybridized carbons (Fsp3) is 0.444. The molecule has 1 aromatic rings. The van der Waals surface area contributed by atoms with Crippen molar-refractivity contribution in [1.82, 2.24) is 5.32 Å². The highest BCUT2D eigenvalue weighted by molar-refractivity contribution is 6.48. The Hall–Kier alpha value is -3.14. The van der Waals surface area contributed by atoms with Gasteiger partial charge in [-0.05, 0) is 30.5 Å². The van der Waals surface area contributed by atoms with Gasteiger partial charge in [-0.3, -0.25) is 9.79 Å². The van der Waals surface area contributed by atoms with Crippen LogP contribution >= 0.6 is 0 Å². The Morgan fingerprint density at radius 3 is 2.64 bits per heavy atom. The number of nitrogens with zero attached hydrogens (tertiary/aromatic N) is 2. The number of aliphatic imine (C=N–C) groups is 1. The average Bonchev–Trinajstić information content (AvgIpc) is 3.47. The lowest BCUT2D eigenvalue weighted by Gasteiger charge is -2.29. The van der Waals surface area contributed by atoms with E-state index in [2.05, 4.69) is 15.4 Å². The Labute approximate surface area is 161 Å². The number of alkyl carbamates (subject to hydrolysis) is 1. The van der Waals surface area contributed by atoms with Gasteiger partial charge in [0.25, 0.3) is 0 Å². The quantitative estimate of drug-likeness (QED) is 0.356. The van der Waals surface area contributed by atoms with E-state index in [1.54, 1.807) is 7.11 Å². The molecule has 0 aromatic heterocycles. The first kappa shape index (κ1) is 19.6. The van der Waals surface area contributed by atoms with Crippen LogP contribution in [0.1, 0.15) is 18.4 Å². The van der Waals surface area contributed by atoms with Crippen LogP contribution in [0.5, 0.6) is 5.75 Å². The summed E-state index contributed by atoms with van der Waals surface area (Å²) < 4.78 is 16.1. The molecule has 1 aliphatic carbocycles. The van der Waals surface area contributed by atoms with Gasteiger partial charge in [0.2, 0.25) is 5.91 Å². The van der Waals surface area contributed by atoms with Crippen LogP contribution in [0.3, 0.4) is 0 Å². The van der Waals surface area contributed by atoms with Gasteiger partial charge in [-0.15, -0.1) is 0 Å². The second-order valence-electron chi connectivity index (χ2n) is 6.56. The summed E-state index contributed by atoms with van der Waals surface area (Å²) in [6.45, 7) is 0.601. The average molecular weight is 389 g/mol. The molecule has 2 amide bonds. The van der Waals surface area contributed by atoms with Crippen LogP contribution in [0.15, 0.2) is 34.4 Å². The van der Waals surface area contributed by atoms with Crippen molar-refractivity contribution in [3.05, 3.63) is 29.8 Å². The highest BCUT2D eigenvalue weighted by Crippen LogP contribution is 2.40. The molecule has 0 bridgehead atoms. The van der Waals surface area contributed by atoms with Crippen molar-refractivity contribution in [3.63, 3.8) is 0 Å². The van der Waals surface area contributed by atoms with Crippen molar-refractivity contribution in [1.29, 1.82) is 0 Å². The van der Waals surface area contributed by atoms with Crippen molar-refractivity contribution in [3.8, 4) is 5.75 Å². The summed E-state index contributed by atoms with van der Waals surface area (Å²) in [5.41, 5.74) is 6.42. The molecule has 1 aromatic carbocycles. The number of amides is 2. The maximum Gasteiger partial charge on any atom is 0.408 e. The van der Waals surface area contributed by atoms with Crippen LogP contribution in [0.4, 0.5) is 4.79 Å². The Morgan fingerprint density at radius 1 is 1.36 bits per heavy atom. The van der Waals surface area contributed by atoms with Crippen LogP contribution in [0, 0.1) is 0 Å². The van der Waals surface area contributed by atoms with Gasteiger partial charge in [0.05, 0.1) is 32.5 Å². The first-order chi connectivity index (χ1) is 13.5. The van der Waals surface area contributed by atoms with Gasteiger partial charge in [-0.2, -0.15) is 5.10 Å². The van der Waals surface area contributed by atoms with Gasteiger partial charge >= 0.3 is 6.09 Å². The molecule has 2 aliphatic rings. The Morgan fingerprint density at radius 2 is 2.07 bits per heavy atom. The maximum atomic E-state index is 11.9. The Kier molecular flexibility index (Phi) is 5.78. The molecule has 2 atom stereocenters. The van der Waals surface area contributed by atoms with Crippen LogP contribution in [0.25, 0.3) is 0 Å². The summed E-state index contributed by atoms with van der Waals surface area (Å²) in [6, 6.07) is 7.53. The second-order valence-corrected chi connectivity index (χ2v) is 6.56. The number of primary amides is 1. The number of hydrogen-bond acceptors (Lipinski definition) is 8. The summed E-state index contributed by atoms with van der Waals surface area (Å²) in [5.74, 6) is 5.68. The third kappa shape index (κ3) is 4.39. The predicted molar refractivity (Wildman–Crippen MR) is 101 cm³/mol. The molecule has 1 spiro atoms. The van der Waals surface area contributed by atoms with Gasteiger partial charge < -0.3 is 31.1 Å². The summed E-state index contributed by atoms with van der Waals surface area (Å²) in [6.07, 6.45) is -0.336. The summed E-state index contributed by atoms with van der Waals surface area (Å²) in [7, 11) is 1.61. The third-order valence-corrected chi connectivity index (χ3v) is 4.66. The first-order valence-corrected chi connectivity index (χ1v) is 8.80. The number of carbonyl (C=O) groups is 2. The smallest absolute Gasteiger partial charge is 0.408 e. The SMILES string of the molecule is COc1ccc(CN=C2/C(=N/N)C(OC(=O)NCC(N)=O)CCC23CO3)cc1. The highest BCUT2D eigenvalue weighted by Gasteiger charge is 2.56. The fourth-order valence-corrected chi connectivity index (χ4v) is 3.09. The standard InChI is InChI=1S/C18H23N5O5/c1-26-12-4-2-11(3-5-12)8-21-16-15(23-20)13(6-7-18(16)10-27-18)28-17(25)22-9-14(19)24/h2-5,13H,6-10,20H2,1H3,(H2,19,24)(H,22,25)/b21-16?,23-15+. The van der Waals surface area contributed by atoms with Crippen LogP contribution in [-0.4, -0.2) is 55.4 Å². The van der Waals surface area contributed by atoms with Crippen molar-refractivity contribution in [2.24, 2.45) is 21.7 Å². The van der Waals surface area contributed by atoms with Gasteiger partial charge in [0.15, 0.2) is 0 Å². The van der Waals surface area contributed by atoms with E-state index in [1.807, 2.05) is 24.3 Å². The van der Waals surface area contributed by atoms with E-state index in [0.29, 0.717) is 37.4 Å². The number of nitrogens with one attached hydrogen (secondary N) is 1. The lowest BCUT2D eigenvalue weighted by molar-refractivity contribution is -0.117. The van der Waals surface area contributed by atoms with Gasteiger partial charge in [0.1, 0.15) is 23.2 Å². The molecule has 28 heavy (non-hydrogen) atoms. The lowest BCUT2D eigenvalue weighted by atomic mass is 9.84. The molecule has 3 rings (SSSR count). The molecule has 5 N–H and O–H groups in total. The van der Waals surface area contributed by atoms with Crippen LogP contribution in [-0.2, 0) is 20.8 Å². The lowest BCUT2D eigenvalue weighted by Crippen LogP contribution is -2.48.